The maximum Gasteiger partial charge on any atom is 0.259 e. The van der Waals surface area contributed by atoms with Gasteiger partial charge in [-0.25, -0.2) is 8.42 Å². The number of para-hydroxylation sites is 2. The van der Waals surface area contributed by atoms with Crippen molar-refractivity contribution in [3.05, 3.63) is 53.1 Å². The monoisotopic (exact) mass is 410 g/mol. The summed E-state index contributed by atoms with van der Waals surface area (Å²) < 4.78 is 32.1. The van der Waals surface area contributed by atoms with Gasteiger partial charge in [-0.1, -0.05) is 37.6 Å². The number of amides is 1. The average molecular weight is 411 g/mol. The quantitative estimate of drug-likeness (QED) is 0.698. The Labute approximate surface area is 165 Å². The maximum atomic E-state index is 13.0. The van der Waals surface area contributed by atoms with Crippen molar-refractivity contribution in [2.24, 2.45) is 0 Å². The van der Waals surface area contributed by atoms with Gasteiger partial charge in [-0.3, -0.25) is 4.79 Å². The summed E-state index contributed by atoms with van der Waals surface area (Å²) in [4.78, 5) is 14.4. The molecule has 0 N–H and O–H groups in total. The van der Waals surface area contributed by atoms with Crippen LogP contribution in [0, 0.1) is 0 Å². The molecular weight excluding hydrogens is 388 g/mol. The van der Waals surface area contributed by atoms with Gasteiger partial charge in [0.2, 0.25) is 10.0 Å². The van der Waals surface area contributed by atoms with Crippen LogP contribution in [0.2, 0.25) is 5.02 Å². The van der Waals surface area contributed by atoms with E-state index in [9.17, 15) is 13.2 Å². The van der Waals surface area contributed by atoms with Crippen LogP contribution < -0.4 is 9.64 Å². The highest BCUT2D eigenvalue weighted by Crippen LogP contribution is 2.30. The SMILES string of the molecule is CCN(CC)S(=O)(=O)c1ccc(Cl)c(C(=O)N(C)c2ccccc2OC)c1. The Morgan fingerprint density at radius 1 is 1.11 bits per heavy atom. The summed E-state index contributed by atoms with van der Waals surface area (Å²) in [6, 6.07) is 11.2. The van der Waals surface area contributed by atoms with E-state index in [1.54, 1.807) is 45.2 Å². The topological polar surface area (TPSA) is 66.9 Å². The fourth-order valence-corrected chi connectivity index (χ4v) is 4.42. The van der Waals surface area contributed by atoms with Crippen molar-refractivity contribution in [2.45, 2.75) is 18.7 Å². The molecule has 0 atom stereocenters. The van der Waals surface area contributed by atoms with E-state index >= 15 is 0 Å². The van der Waals surface area contributed by atoms with E-state index in [0.29, 0.717) is 24.5 Å². The maximum absolute atomic E-state index is 13.0. The first-order valence-electron chi connectivity index (χ1n) is 8.48. The molecule has 0 spiro atoms. The summed E-state index contributed by atoms with van der Waals surface area (Å²) in [7, 11) is -0.597. The van der Waals surface area contributed by atoms with Crippen molar-refractivity contribution < 1.29 is 17.9 Å². The third kappa shape index (κ3) is 4.26. The smallest absolute Gasteiger partial charge is 0.259 e. The van der Waals surface area contributed by atoms with Gasteiger partial charge in [0.05, 0.1) is 28.3 Å². The van der Waals surface area contributed by atoms with Crippen molar-refractivity contribution in [1.82, 2.24) is 4.31 Å². The predicted molar refractivity (Wildman–Crippen MR) is 107 cm³/mol. The van der Waals surface area contributed by atoms with Gasteiger partial charge in [-0.2, -0.15) is 4.31 Å². The first-order chi connectivity index (χ1) is 12.8. The van der Waals surface area contributed by atoms with E-state index in [0.717, 1.165) is 0 Å². The van der Waals surface area contributed by atoms with Gasteiger partial charge >= 0.3 is 0 Å². The van der Waals surface area contributed by atoms with Crippen LogP contribution in [0.15, 0.2) is 47.4 Å². The van der Waals surface area contributed by atoms with Crippen molar-refractivity contribution >= 4 is 33.2 Å². The second-order valence-electron chi connectivity index (χ2n) is 5.77. The minimum absolute atomic E-state index is 0.0346. The minimum atomic E-state index is -3.70. The molecule has 1 amide bonds. The van der Waals surface area contributed by atoms with E-state index in [1.165, 1.54) is 34.5 Å². The number of carbonyl (C=O) groups excluding carboxylic acids is 1. The Hall–Kier alpha value is -2.09. The molecule has 0 bridgehead atoms. The van der Waals surface area contributed by atoms with Gasteiger partial charge in [0, 0.05) is 20.1 Å². The van der Waals surface area contributed by atoms with E-state index in [4.69, 9.17) is 16.3 Å². The van der Waals surface area contributed by atoms with Crippen LogP contribution in [0.25, 0.3) is 0 Å². The minimum Gasteiger partial charge on any atom is -0.495 e. The lowest BCUT2D eigenvalue weighted by Crippen LogP contribution is -2.31. The molecule has 0 unspecified atom stereocenters. The molecular formula is C19H23ClN2O4S. The van der Waals surface area contributed by atoms with Gasteiger partial charge in [0.15, 0.2) is 0 Å². The molecule has 0 radical (unpaired) electrons. The third-order valence-corrected chi connectivity index (χ3v) is 6.64. The summed E-state index contributed by atoms with van der Waals surface area (Å²) in [6.45, 7) is 4.20. The van der Waals surface area contributed by atoms with Crippen molar-refractivity contribution in [3.63, 3.8) is 0 Å². The molecule has 0 saturated heterocycles. The Kier molecular flexibility index (Phi) is 6.86. The molecule has 0 aliphatic rings. The largest absolute Gasteiger partial charge is 0.495 e. The lowest BCUT2D eigenvalue weighted by Gasteiger charge is -2.22. The summed E-state index contributed by atoms with van der Waals surface area (Å²) in [5.41, 5.74) is 0.663. The molecule has 0 aliphatic carbocycles. The van der Waals surface area contributed by atoms with Gasteiger partial charge < -0.3 is 9.64 Å². The summed E-state index contributed by atoms with van der Waals surface area (Å²) in [6.07, 6.45) is 0. The van der Waals surface area contributed by atoms with E-state index < -0.39 is 15.9 Å². The molecule has 2 aromatic carbocycles. The number of anilines is 1. The van der Waals surface area contributed by atoms with Crippen LogP contribution in [-0.2, 0) is 10.0 Å². The van der Waals surface area contributed by atoms with Crippen molar-refractivity contribution in [2.75, 3.05) is 32.1 Å². The number of hydrogen-bond donors (Lipinski definition) is 0. The number of rotatable bonds is 7. The van der Waals surface area contributed by atoms with Gasteiger partial charge in [0.25, 0.3) is 5.91 Å². The first-order valence-corrected chi connectivity index (χ1v) is 10.3. The van der Waals surface area contributed by atoms with E-state index in [2.05, 4.69) is 0 Å². The molecule has 2 aromatic rings. The Bertz CT molecular complexity index is 927. The second kappa shape index (κ2) is 8.73. The van der Waals surface area contributed by atoms with Crippen LogP contribution in [0.1, 0.15) is 24.2 Å². The number of ether oxygens (including phenoxy) is 1. The molecule has 0 aromatic heterocycles. The Morgan fingerprint density at radius 3 is 2.33 bits per heavy atom. The van der Waals surface area contributed by atoms with Crippen molar-refractivity contribution in [3.8, 4) is 5.75 Å². The summed E-state index contributed by atoms with van der Waals surface area (Å²) in [5, 5.41) is 0.181. The summed E-state index contributed by atoms with van der Waals surface area (Å²) in [5.74, 6) is 0.0949. The van der Waals surface area contributed by atoms with Gasteiger partial charge in [-0.05, 0) is 30.3 Å². The second-order valence-corrected chi connectivity index (χ2v) is 8.11. The first kappa shape index (κ1) is 21.2. The molecule has 0 aliphatic heterocycles. The zero-order valence-electron chi connectivity index (χ0n) is 15.8. The molecule has 27 heavy (non-hydrogen) atoms. The van der Waals surface area contributed by atoms with E-state index in [1.807, 2.05) is 0 Å². The van der Waals surface area contributed by atoms with E-state index in [-0.39, 0.29) is 15.5 Å². The van der Waals surface area contributed by atoms with Crippen LogP contribution in [-0.4, -0.2) is 45.9 Å². The molecule has 6 nitrogen and oxygen atoms in total. The normalized spacial score (nSPS) is 11.5. The highest BCUT2D eigenvalue weighted by Gasteiger charge is 2.25. The Morgan fingerprint density at radius 2 is 1.74 bits per heavy atom. The molecule has 2 rings (SSSR count). The van der Waals surface area contributed by atoms with Crippen LogP contribution in [0.3, 0.4) is 0 Å². The highest BCUT2D eigenvalue weighted by molar-refractivity contribution is 7.89. The fourth-order valence-electron chi connectivity index (χ4n) is 2.74. The van der Waals surface area contributed by atoms with Crippen LogP contribution >= 0.6 is 11.6 Å². The number of nitrogens with zero attached hydrogens (tertiary/aromatic N) is 2. The zero-order chi connectivity index (χ0) is 20.2. The predicted octanol–water partition coefficient (Wildman–Crippen LogP) is 3.66. The molecule has 0 saturated carbocycles. The van der Waals surface area contributed by atoms with Crippen LogP contribution in [0.5, 0.6) is 5.75 Å². The molecule has 8 heteroatoms. The number of sulfonamides is 1. The summed E-state index contributed by atoms with van der Waals surface area (Å²) >= 11 is 6.21. The lowest BCUT2D eigenvalue weighted by molar-refractivity contribution is 0.0992. The Balaban J connectivity index is 2.48. The number of halogens is 1. The zero-order valence-corrected chi connectivity index (χ0v) is 17.3. The average Bonchev–Trinajstić information content (AvgIpc) is 2.67. The van der Waals surface area contributed by atoms with Crippen LogP contribution in [0.4, 0.5) is 5.69 Å². The molecule has 0 fully saturated rings. The standard InChI is InChI=1S/C19H23ClN2O4S/c1-5-22(6-2)27(24,25)14-11-12-16(20)15(13-14)19(23)21(3)17-9-7-8-10-18(17)26-4/h7-13H,5-6H2,1-4H3. The van der Waals surface area contributed by atoms with Gasteiger partial charge in [0.1, 0.15) is 5.75 Å². The van der Waals surface area contributed by atoms with Gasteiger partial charge in [-0.15, -0.1) is 0 Å². The number of hydrogen-bond acceptors (Lipinski definition) is 4. The van der Waals surface area contributed by atoms with Crippen molar-refractivity contribution in [1.29, 1.82) is 0 Å². The number of benzene rings is 2. The number of carbonyl (C=O) groups is 1. The lowest BCUT2D eigenvalue weighted by atomic mass is 10.2. The highest BCUT2D eigenvalue weighted by atomic mass is 35.5. The fraction of sp³-hybridized carbons (Fsp3) is 0.316. The third-order valence-electron chi connectivity index (χ3n) is 4.26. The molecule has 0 heterocycles. The number of methoxy groups -OCH3 is 1. The molecule has 146 valence electrons.